The summed E-state index contributed by atoms with van der Waals surface area (Å²) in [5, 5.41) is 12.2. The van der Waals surface area contributed by atoms with Gasteiger partial charge in [0.1, 0.15) is 12.2 Å². The van der Waals surface area contributed by atoms with Crippen LogP contribution in [0.4, 0.5) is 5.69 Å². The Morgan fingerprint density at radius 2 is 1.88 bits per heavy atom. The number of ether oxygens (including phenoxy) is 2. The molecular formula is C30H23Cl2N3O4S. The van der Waals surface area contributed by atoms with Gasteiger partial charge in [-0.1, -0.05) is 53.5 Å². The summed E-state index contributed by atoms with van der Waals surface area (Å²) in [5.41, 5.74) is 2.57. The van der Waals surface area contributed by atoms with Crippen LogP contribution in [0, 0.1) is 11.3 Å². The Morgan fingerprint density at radius 3 is 2.60 bits per heavy atom. The van der Waals surface area contributed by atoms with Crippen LogP contribution in [0.5, 0.6) is 11.5 Å². The van der Waals surface area contributed by atoms with Gasteiger partial charge in [-0.3, -0.25) is 19.8 Å². The van der Waals surface area contributed by atoms with Gasteiger partial charge in [-0.15, -0.1) is 6.58 Å². The highest BCUT2D eigenvalue weighted by atomic mass is 35.5. The zero-order chi connectivity index (χ0) is 28.8. The molecule has 202 valence electrons. The minimum absolute atomic E-state index is 0.111. The monoisotopic (exact) mass is 591 g/mol. The lowest BCUT2D eigenvalue weighted by Crippen LogP contribution is -2.54. The second-order valence-corrected chi connectivity index (χ2v) is 9.69. The number of thiocarbonyl (C=S) groups is 1. The van der Waals surface area contributed by atoms with Gasteiger partial charge in [0.25, 0.3) is 11.8 Å². The van der Waals surface area contributed by atoms with Crippen molar-refractivity contribution in [3.8, 4) is 17.6 Å². The molecule has 0 aliphatic carbocycles. The molecular weight excluding hydrogens is 569 g/mol. The number of nitriles is 1. The van der Waals surface area contributed by atoms with Crippen molar-refractivity contribution in [1.82, 2.24) is 5.32 Å². The lowest BCUT2D eigenvalue weighted by atomic mass is 10.0. The minimum Gasteiger partial charge on any atom is -0.490 e. The van der Waals surface area contributed by atoms with Gasteiger partial charge >= 0.3 is 0 Å². The van der Waals surface area contributed by atoms with Gasteiger partial charge in [0.2, 0.25) is 0 Å². The second-order valence-electron chi connectivity index (χ2n) is 8.52. The van der Waals surface area contributed by atoms with Gasteiger partial charge in [-0.2, -0.15) is 5.26 Å². The number of halogens is 2. The van der Waals surface area contributed by atoms with Crippen LogP contribution in [0.2, 0.25) is 10.0 Å². The molecule has 0 spiro atoms. The highest BCUT2D eigenvalue weighted by Crippen LogP contribution is 2.37. The summed E-state index contributed by atoms with van der Waals surface area (Å²) in [6, 6.07) is 17.6. The van der Waals surface area contributed by atoms with Crippen LogP contribution in [0.3, 0.4) is 0 Å². The standard InChI is InChI=1S/C30H23Cl2N3O4S/c1-3-8-19-13-18(15-25(38-4-2)27(19)39-17-21-10-6-5-9-20(21)16-33)14-22-28(36)34-30(40)35(29(22)37)24-12-7-11-23(31)26(24)32/h3,5-7,9-15H,1,4,8,17H2,2H3,(H,34,36,40)/b22-14+. The first-order chi connectivity index (χ1) is 19.3. The van der Waals surface area contributed by atoms with Crippen molar-refractivity contribution in [3.05, 3.63) is 105 Å². The zero-order valence-corrected chi connectivity index (χ0v) is 23.7. The van der Waals surface area contributed by atoms with Crippen molar-refractivity contribution in [3.63, 3.8) is 0 Å². The Kier molecular flexibility index (Phi) is 9.22. The van der Waals surface area contributed by atoms with E-state index in [1.807, 2.05) is 19.1 Å². The zero-order valence-electron chi connectivity index (χ0n) is 21.4. The average Bonchev–Trinajstić information content (AvgIpc) is 2.93. The minimum atomic E-state index is -0.658. The van der Waals surface area contributed by atoms with Crippen molar-refractivity contribution in [1.29, 1.82) is 5.26 Å². The number of amides is 2. The molecule has 0 aromatic heterocycles. The van der Waals surface area contributed by atoms with Crippen LogP contribution in [-0.2, 0) is 22.6 Å². The van der Waals surface area contributed by atoms with E-state index in [-0.39, 0.29) is 33.0 Å². The van der Waals surface area contributed by atoms with E-state index < -0.39 is 11.8 Å². The third-order valence-corrected chi connectivity index (χ3v) is 7.01. The summed E-state index contributed by atoms with van der Waals surface area (Å²) in [6.07, 6.45) is 3.58. The van der Waals surface area contributed by atoms with Crippen molar-refractivity contribution in [2.45, 2.75) is 20.0 Å². The van der Waals surface area contributed by atoms with Gasteiger partial charge in [0.05, 0.1) is 34.0 Å². The highest BCUT2D eigenvalue weighted by molar-refractivity contribution is 7.80. The summed E-state index contributed by atoms with van der Waals surface area (Å²) in [5.74, 6) is -0.419. The number of rotatable bonds is 9. The number of nitrogens with one attached hydrogen (secondary N) is 1. The van der Waals surface area contributed by atoms with Gasteiger partial charge in [-0.25, -0.2) is 0 Å². The third-order valence-electron chi connectivity index (χ3n) is 5.91. The lowest BCUT2D eigenvalue weighted by Gasteiger charge is -2.29. The quantitative estimate of drug-likeness (QED) is 0.134. The molecule has 1 heterocycles. The van der Waals surface area contributed by atoms with Gasteiger partial charge in [-0.05, 0) is 67.5 Å². The fraction of sp³-hybridized carbons (Fsp3) is 0.133. The molecule has 0 bridgehead atoms. The topological polar surface area (TPSA) is 91.7 Å². The molecule has 4 rings (SSSR count). The maximum Gasteiger partial charge on any atom is 0.270 e. The Balaban J connectivity index is 1.75. The molecule has 10 heteroatoms. The van der Waals surface area contributed by atoms with Crippen LogP contribution in [-0.4, -0.2) is 23.5 Å². The van der Waals surface area contributed by atoms with E-state index in [2.05, 4.69) is 18.0 Å². The molecule has 1 saturated heterocycles. The number of carbonyl (C=O) groups is 2. The first-order valence-electron chi connectivity index (χ1n) is 12.2. The van der Waals surface area contributed by atoms with E-state index >= 15 is 0 Å². The van der Waals surface area contributed by atoms with Crippen LogP contribution in [0.25, 0.3) is 6.08 Å². The van der Waals surface area contributed by atoms with Gasteiger partial charge in [0, 0.05) is 11.1 Å². The number of hydrogen-bond acceptors (Lipinski definition) is 6. The number of anilines is 1. The van der Waals surface area contributed by atoms with Crippen LogP contribution >= 0.6 is 35.4 Å². The number of allylic oxidation sites excluding steroid dienone is 1. The largest absolute Gasteiger partial charge is 0.490 e. The van der Waals surface area contributed by atoms with Gasteiger partial charge in [0.15, 0.2) is 16.6 Å². The SMILES string of the molecule is C=CCc1cc(/C=C2\C(=O)NC(=S)N(c3cccc(Cl)c3Cl)C2=O)cc(OCC)c1OCc1ccccc1C#N. The van der Waals surface area contributed by atoms with E-state index in [9.17, 15) is 14.9 Å². The van der Waals surface area contributed by atoms with Crippen molar-refractivity contribution < 1.29 is 19.1 Å². The predicted octanol–water partition coefficient (Wildman–Crippen LogP) is 6.40. The number of hydrogen-bond donors (Lipinski definition) is 1. The molecule has 1 aliphatic rings. The number of benzene rings is 3. The lowest BCUT2D eigenvalue weighted by molar-refractivity contribution is -0.122. The highest BCUT2D eigenvalue weighted by Gasteiger charge is 2.36. The summed E-state index contributed by atoms with van der Waals surface area (Å²) in [7, 11) is 0. The predicted molar refractivity (Wildman–Crippen MR) is 160 cm³/mol. The maximum absolute atomic E-state index is 13.5. The molecule has 1 N–H and O–H groups in total. The van der Waals surface area contributed by atoms with Crippen LogP contribution in [0.15, 0.2) is 72.8 Å². The molecule has 40 heavy (non-hydrogen) atoms. The summed E-state index contributed by atoms with van der Waals surface area (Å²) < 4.78 is 12.0. The normalized spacial score (nSPS) is 14.1. The van der Waals surface area contributed by atoms with Crippen molar-refractivity contribution in [2.24, 2.45) is 0 Å². The molecule has 7 nitrogen and oxygen atoms in total. The first kappa shape index (κ1) is 28.8. The molecule has 0 saturated carbocycles. The Bertz CT molecular complexity index is 1600. The smallest absolute Gasteiger partial charge is 0.270 e. The fourth-order valence-electron chi connectivity index (χ4n) is 4.11. The molecule has 1 fully saturated rings. The fourth-order valence-corrected chi connectivity index (χ4v) is 4.77. The maximum atomic E-state index is 13.5. The van der Waals surface area contributed by atoms with Crippen molar-refractivity contribution in [2.75, 3.05) is 11.5 Å². The number of nitrogens with zero attached hydrogens (tertiary/aromatic N) is 2. The molecule has 3 aromatic rings. The number of carbonyl (C=O) groups excluding carboxylic acids is 2. The van der Waals surface area contributed by atoms with E-state index in [1.165, 1.54) is 6.08 Å². The Labute approximate surface area is 247 Å². The van der Waals surface area contributed by atoms with Crippen LogP contribution in [0.1, 0.15) is 29.2 Å². The third kappa shape index (κ3) is 6.02. The van der Waals surface area contributed by atoms with Crippen LogP contribution < -0.4 is 19.7 Å². The summed E-state index contributed by atoms with van der Waals surface area (Å²) in [6.45, 7) is 6.15. The Hall–Kier alpha value is -4.16. The molecule has 1 aliphatic heterocycles. The molecule has 2 amide bonds. The van der Waals surface area contributed by atoms with E-state index in [1.54, 1.807) is 48.5 Å². The average molecular weight is 593 g/mol. The van der Waals surface area contributed by atoms with E-state index in [4.69, 9.17) is 44.9 Å². The van der Waals surface area contributed by atoms with E-state index in [0.29, 0.717) is 35.7 Å². The first-order valence-corrected chi connectivity index (χ1v) is 13.3. The molecule has 0 atom stereocenters. The van der Waals surface area contributed by atoms with Crippen molar-refractivity contribution >= 4 is 64.1 Å². The molecule has 0 radical (unpaired) electrons. The Morgan fingerprint density at radius 1 is 1.10 bits per heavy atom. The molecule has 3 aromatic carbocycles. The van der Waals surface area contributed by atoms with Gasteiger partial charge < -0.3 is 9.47 Å². The van der Waals surface area contributed by atoms with E-state index in [0.717, 1.165) is 16.0 Å². The summed E-state index contributed by atoms with van der Waals surface area (Å²) >= 11 is 17.8. The molecule has 0 unspecified atom stereocenters. The summed E-state index contributed by atoms with van der Waals surface area (Å²) in [4.78, 5) is 27.6. The second kappa shape index (κ2) is 12.8.